The molecule has 9 heteroatoms. The normalized spacial score (nSPS) is 14.3. The lowest BCUT2D eigenvalue weighted by Gasteiger charge is -2.33. The maximum Gasteiger partial charge on any atom is 0.269 e. The van der Waals surface area contributed by atoms with Gasteiger partial charge in [-0.3, -0.25) is 29.5 Å². The highest BCUT2D eigenvalue weighted by Crippen LogP contribution is 2.13. The number of nitrogens with zero attached hydrogens (tertiary/aromatic N) is 3. The van der Waals surface area contributed by atoms with E-state index in [1.165, 1.54) is 24.3 Å². The van der Waals surface area contributed by atoms with Crippen LogP contribution in [0.15, 0.2) is 54.6 Å². The van der Waals surface area contributed by atoms with Crippen LogP contribution in [0.2, 0.25) is 0 Å². The maximum atomic E-state index is 12.4. The van der Waals surface area contributed by atoms with Crippen molar-refractivity contribution >= 4 is 42.1 Å². The van der Waals surface area contributed by atoms with Gasteiger partial charge in [-0.25, -0.2) is 0 Å². The molecule has 0 unspecified atom stereocenters. The molecule has 1 fully saturated rings. The van der Waals surface area contributed by atoms with Gasteiger partial charge in [0.25, 0.3) is 5.69 Å². The van der Waals surface area contributed by atoms with Gasteiger partial charge in [0.05, 0.1) is 18.0 Å². The van der Waals surface area contributed by atoms with Crippen LogP contribution >= 0.6 is 24.8 Å². The summed E-state index contributed by atoms with van der Waals surface area (Å²) in [6, 6.07) is 14.9. The van der Waals surface area contributed by atoms with Crippen molar-refractivity contribution in [1.29, 1.82) is 0 Å². The number of benzene rings is 2. The lowest BCUT2D eigenvalue weighted by Crippen LogP contribution is -2.49. The Bertz CT molecular complexity index is 823. The number of halogens is 2. The number of ketones is 2. The molecule has 2 aromatic carbocycles. The highest BCUT2D eigenvalue weighted by Gasteiger charge is 2.21. The van der Waals surface area contributed by atoms with E-state index in [1.807, 2.05) is 35.2 Å². The molecule has 0 bridgehead atoms. The van der Waals surface area contributed by atoms with E-state index in [4.69, 9.17) is 0 Å². The van der Waals surface area contributed by atoms with Crippen molar-refractivity contribution < 1.29 is 14.5 Å². The van der Waals surface area contributed by atoms with Crippen molar-refractivity contribution in [3.63, 3.8) is 0 Å². The molecule has 1 heterocycles. The zero-order valence-corrected chi connectivity index (χ0v) is 17.4. The molecule has 0 amide bonds. The monoisotopic (exact) mass is 439 g/mol. The Kier molecular flexibility index (Phi) is 9.91. The highest BCUT2D eigenvalue weighted by atomic mass is 35.5. The van der Waals surface area contributed by atoms with E-state index in [2.05, 4.69) is 4.90 Å². The Morgan fingerprint density at radius 2 is 1.17 bits per heavy atom. The van der Waals surface area contributed by atoms with Crippen LogP contribution in [0, 0.1) is 10.1 Å². The molecule has 0 saturated carbocycles. The third kappa shape index (κ3) is 6.90. The molecule has 0 spiro atoms. The molecule has 0 N–H and O–H groups in total. The number of rotatable bonds is 7. The average molecular weight is 440 g/mol. The Hall–Kier alpha value is -2.32. The lowest BCUT2D eigenvalue weighted by molar-refractivity contribution is -0.384. The van der Waals surface area contributed by atoms with Crippen molar-refractivity contribution in [3.8, 4) is 0 Å². The lowest BCUT2D eigenvalue weighted by atomic mass is 10.1. The van der Waals surface area contributed by atoms with Crippen LogP contribution in [0.5, 0.6) is 0 Å². The van der Waals surface area contributed by atoms with Gasteiger partial charge in [-0.05, 0) is 12.1 Å². The summed E-state index contributed by atoms with van der Waals surface area (Å²) in [5.74, 6) is 0.0460. The molecule has 29 heavy (non-hydrogen) atoms. The van der Waals surface area contributed by atoms with Gasteiger partial charge >= 0.3 is 0 Å². The first-order chi connectivity index (χ1) is 13.0. The van der Waals surface area contributed by atoms with Gasteiger partial charge in [0, 0.05) is 49.4 Å². The fourth-order valence-corrected chi connectivity index (χ4v) is 3.09. The molecule has 0 radical (unpaired) electrons. The summed E-state index contributed by atoms with van der Waals surface area (Å²) >= 11 is 0. The summed E-state index contributed by atoms with van der Waals surface area (Å²) in [6.07, 6.45) is 0. The average Bonchev–Trinajstić information content (AvgIpc) is 2.70. The van der Waals surface area contributed by atoms with Gasteiger partial charge in [-0.15, -0.1) is 24.8 Å². The van der Waals surface area contributed by atoms with Crippen LogP contribution in [-0.4, -0.2) is 65.6 Å². The fraction of sp³-hybridized carbons (Fsp3) is 0.300. The second-order valence-electron chi connectivity index (χ2n) is 6.57. The number of piperazine rings is 1. The number of carbonyl (C=O) groups is 2. The molecule has 2 aromatic rings. The van der Waals surface area contributed by atoms with E-state index >= 15 is 0 Å². The largest absolute Gasteiger partial charge is 0.293 e. The number of nitro groups is 1. The summed E-state index contributed by atoms with van der Waals surface area (Å²) in [5.41, 5.74) is 1.17. The van der Waals surface area contributed by atoms with E-state index in [9.17, 15) is 19.7 Å². The Balaban J connectivity index is 0.00000210. The molecule has 1 aliphatic rings. The zero-order chi connectivity index (χ0) is 19.2. The van der Waals surface area contributed by atoms with Crippen molar-refractivity contribution in [2.45, 2.75) is 0 Å². The third-order valence-electron chi connectivity index (χ3n) is 4.70. The Labute approximate surface area is 181 Å². The summed E-state index contributed by atoms with van der Waals surface area (Å²) in [5, 5.41) is 10.7. The van der Waals surface area contributed by atoms with Crippen LogP contribution in [0.4, 0.5) is 5.69 Å². The summed E-state index contributed by atoms with van der Waals surface area (Å²) in [7, 11) is 0. The predicted octanol–water partition coefficient (Wildman–Crippen LogP) is 3.12. The Morgan fingerprint density at radius 1 is 0.759 bits per heavy atom. The topological polar surface area (TPSA) is 83.8 Å². The number of hydrogen-bond donors (Lipinski definition) is 0. The van der Waals surface area contributed by atoms with Crippen molar-refractivity contribution in [2.24, 2.45) is 0 Å². The zero-order valence-electron chi connectivity index (χ0n) is 15.7. The smallest absolute Gasteiger partial charge is 0.269 e. The molecule has 1 aliphatic heterocycles. The summed E-state index contributed by atoms with van der Waals surface area (Å²) in [6.45, 7) is 3.53. The van der Waals surface area contributed by atoms with E-state index in [1.54, 1.807) is 0 Å². The summed E-state index contributed by atoms with van der Waals surface area (Å²) in [4.78, 5) is 39.0. The van der Waals surface area contributed by atoms with Gasteiger partial charge in [-0.1, -0.05) is 30.3 Å². The van der Waals surface area contributed by atoms with Crippen molar-refractivity contribution in [2.75, 3.05) is 39.3 Å². The number of nitro benzene ring substituents is 1. The van der Waals surface area contributed by atoms with E-state index in [0.717, 1.165) is 13.1 Å². The van der Waals surface area contributed by atoms with E-state index in [0.29, 0.717) is 30.8 Å². The van der Waals surface area contributed by atoms with Gasteiger partial charge in [0.15, 0.2) is 11.6 Å². The Morgan fingerprint density at radius 3 is 1.59 bits per heavy atom. The van der Waals surface area contributed by atoms with Crippen molar-refractivity contribution in [3.05, 3.63) is 75.8 Å². The molecule has 0 atom stereocenters. The van der Waals surface area contributed by atoms with E-state index in [-0.39, 0.29) is 48.6 Å². The van der Waals surface area contributed by atoms with Gasteiger partial charge in [-0.2, -0.15) is 0 Å². The molecule has 0 aliphatic carbocycles. The molecule has 156 valence electrons. The fourth-order valence-electron chi connectivity index (χ4n) is 3.09. The second-order valence-corrected chi connectivity index (χ2v) is 6.57. The third-order valence-corrected chi connectivity index (χ3v) is 4.70. The van der Waals surface area contributed by atoms with Gasteiger partial charge in [0.2, 0.25) is 0 Å². The standard InChI is InChI=1S/C20H21N3O4.2ClH/c24-19(16-4-2-1-3-5-16)14-21-10-12-22(13-11-21)15-20(25)17-6-8-18(9-7-17)23(26)27;;/h1-9H,10-15H2;2*1H. The molecule has 3 rings (SSSR count). The van der Waals surface area contributed by atoms with Crippen LogP contribution in [0.25, 0.3) is 0 Å². The minimum absolute atomic E-state index is 0. The SMILES string of the molecule is Cl.Cl.O=C(CN1CCN(CC(=O)c2ccc([N+](=O)[O-])cc2)CC1)c1ccccc1. The van der Waals surface area contributed by atoms with Crippen LogP contribution in [0.3, 0.4) is 0 Å². The minimum Gasteiger partial charge on any atom is -0.293 e. The highest BCUT2D eigenvalue weighted by molar-refractivity contribution is 5.98. The van der Waals surface area contributed by atoms with Crippen LogP contribution < -0.4 is 0 Å². The first-order valence-corrected chi connectivity index (χ1v) is 8.83. The maximum absolute atomic E-state index is 12.4. The predicted molar refractivity (Wildman–Crippen MR) is 116 cm³/mol. The number of non-ortho nitro benzene ring substituents is 1. The first-order valence-electron chi connectivity index (χ1n) is 8.83. The van der Waals surface area contributed by atoms with Crippen LogP contribution in [-0.2, 0) is 0 Å². The van der Waals surface area contributed by atoms with Crippen molar-refractivity contribution in [1.82, 2.24) is 9.80 Å². The number of Topliss-reactive ketones (excluding diaryl/α,β-unsaturated/α-hetero) is 2. The molecule has 0 aromatic heterocycles. The number of hydrogen-bond acceptors (Lipinski definition) is 6. The number of carbonyl (C=O) groups excluding carboxylic acids is 2. The second kappa shape index (κ2) is 11.6. The quantitative estimate of drug-likeness (QED) is 0.374. The van der Waals surface area contributed by atoms with Gasteiger partial charge in [0.1, 0.15) is 0 Å². The van der Waals surface area contributed by atoms with Crippen LogP contribution in [0.1, 0.15) is 20.7 Å². The first kappa shape index (κ1) is 24.7. The summed E-state index contributed by atoms with van der Waals surface area (Å²) < 4.78 is 0. The minimum atomic E-state index is -0.482. The van der Waals surface area contributed by atoms with E-state index < -0.39 is 4.92 Å². The van der Waals surface area contributed by atoms with Gasteiger partial charge < -0.3 is 0 Å². The molecular weight excluding hydrogens is 417 g/mol. The molecular formula is C20H23Cl2N3O4. The molecule has 7 nitrogen and oxygen atoms in total. The molecule has 1 saturated heterocycles.